The lowest BCUT2D eigenvalue weighted by atomic mass is 10.1. The molecule has 9 heteroatoms. The van der Waals surface area contributed by atoms with E-state index in [-0.39, 0.29) is 4.90 Å². The number of aryl methyl sites for hydroxylation is 1. The summed E-state index contributed by atoms with van der Waals surface area (Å²) in [6.45, 7) is 0. The Morgan fingerprint density at radius 2 is 1.60 bits per heavy atom. The molecule has 0 aliphatic rings. The minimum absolute atomic E-state index is 0.155. The molecule has 0 unspecified atom stereocenters. The first-order valence-electron chi connectivity index (χ1n) is 10.8. The van der Waals surface area contributed by atoms with Crippen LogP contribution in [0.25, 0.3) is 22.2 Å². The van der Waals surface area contributed by atoms with Gasteiger partial charge in [0.2, 0.25) is 0 Å². The molecule has 0 atom stereocenters. The van der Waals surface area contributed by atoms with Gasteiger partial charge < -0.3 is 14.6 Å². The second kappa shape index (κ2) is 9.11. The van der Waals surface area contributed by atoms with Crippen molar-refractivity contribution in [1.29, 1.82) is 0 Å². The summed E-state index contributed by atoms with van der Waals surface area (Å²) in [6.07, 6.45) is 3.58. The van der Waals surface area contributed by atoms with Gasteiger partial charge in [0.25, 0.3) is 10.0 Å². The highest BCUT2D eigenvalue weighted by Crippen LogP contribution is 2.30. The van der Waals surface area contributed by atoms with Gasteiger partial charge in [-0.1, -0.05) is 18.2 Å². The van der Waals surface area contributed by atoms with Crippen molar-refractivity contribution in [2.75, 3.05) is 17.1 Å². The third-order valence-corrected chi connectivity index (χ3v) is 7.02. The lowest BCUT2D eigenvalue weighted by Crippen LogP contribution is -2.12. The topological polar surface area (TPSA) is 98.1 Å². The van der Waals surface area contributed by atoms with Gasteiger partial charge in [-0.15, -0.1) is 0 Å². The number of benzene rings is 3. The highest BCUT2D eigenvalue weighted by Gasteiger charge is 2.14. The molecule has 0 bridgehead atoms. The SMILES string of the molecule is COc1ccc(S(=O)(=O)Nc2ccc(Nc3cc(-c4cn(C)c5ccccc45)ncn3)cc2)cc1. The van der Waals surface area contributed by atoms with E-state index >= 15 is 0 Å². The minimum atomic E-state index is -3.71. The van der Waals surface area contributed by atoms with E-state index in [2.05, 4.69) is 42.9 Å². The Morgan fingerprint density at radius 1 is 0.886 bits per heavy atom. The number of hydrogen-bond donors (Lipinski definition) is 2. The average molecular weight is 486 g/mol. The first-order valence-corrected chi connectivity index (χ1v) is 12.3. The van der Waals surface area contributed by atoms with Crippen LogP contribution in [0.2, 0.25) is 0 Å². The van der Waals surface area contributed by atoms with Crippen molar-refractivity contribution >= 4 is 38.1 Å². The highest BCUT2D eigenvalue weighted by atomic mass is 32.2. The van der Waals surface area contributed by atoms with Gasteiger partial charge >= 0.3 is 0 Å². The fraction of sp³-hybridized carbons (Fsp3) is 0.0769. The highest BCUT2D eigenvalue weighted by molar-refractivity contribution is 7.92. The maximum atomic E-state index is 12.7. The number of methoxy groups -OCH3 is 1. The number of rotatable bonds is 7. The third kappa shape index (κ3) is 4.67. The van der Waals surface area contributed by atoms with Crippen LogP contribution in [0.1, 0.15) is 0 Å². The van der Waals surface area contributed by atoms with Gasteiger partial charge in [-0.2, -0.15) is 0 Å². The molecule has 0 aliphatic carbocycles. The van der Waals surface area contributed by atoms with Crippen molar-refractivity contribution < 1.29 is 13.2 Å². The Kier molecular flexibility index (Phi) is 5.84. The van der Waals surface area contributed by atoms with Crippen LogP contribution < -0.4 is 14.8 Å². The standard InChI is InChI=1S/C26H23N5O3S/c1-31-16-23(22-5-3-4-6-25(22)31)24-15-26(28-17-27-24)29-18-7-9-19(10-8-18)30-35(32,33)21-13-11-20(34-2)12-14-21/h3-17,30H,1-2H3,(H,27,28,29). The number of para-hydroxylation sites is 1. The summed E-state index contributed by atoms with van der Waals surface area (Å²) in [4.78, 5) is 8.95. The second-order valence-corrected chi connectivity index (χ2v) is 9.63. The molecule has 35 heavy (non-hydrogen) atoms. The summed E-state index contributed by atoms with van der Waals surface area (Å²) in [5, 5.41) is 4.37. The zero-order valence-electron chi connectivity index (χ0n) is 19.1. The minimum Gasteiger partial charge on any atom is -0.497 e. The van der Waals surface area contributed by atoms with Gasteiger partial charge in [-0.05, 0) is 54.6 Å². The van der Waals surface area contributed by atoms with Crippen LogP contribution in [0, 0.1) is 0 Å². The van der Waals surface area contributed by atoms with Crippen molar-refractivity contribution in [2.45, 2.75) is 4.90 Å². The summed E-state index contributed by atoms with van der Waals surface area (Å²) in [5.41, 5.74) is 4.17. The maximum absolute atomic E-state index is 12.7. The van der Waals surface area contributed by atoms with E-state index in [4.69, 9.17) is 4.74 Å². The molecule has 0 fully saturated rings. The Hall–Kier alpha value is -4.37. The Bertz CT molecular complexity index is 1590. The molecule has 176 valence electrons. The van der Waals surface area contributed by atoms with E-state index in [1.807, 2.05) is 25.2 Å². The van der Waals surface area contributed by atoms with Crippen molar-refractivity contribution in [3.63, 3.8) is 0 Å². The molecular weight excluding hydrogens is 462 g/mol. The number of ether oxygens (including phenoxy) is 1. The number of nitrogens with zero attached hydrogens (tertiary/aromatic N) is 3. The Labute approximate surface area is 203 Å². The largest absolute Gasteiger partial charge is 0.497 e. The van der Waals surface area contributed by atoms with E-state index in [1.54, 1.807) is 36.4 Å². The van der Waals surface area contributed by atoms with Crippen LogP contribution in [0.3, 0.4) is 0 Å². The first-order chi connectivity index (χ1) is 16.9. The summed E-state index contributed by atoms with van der Waals surface area (Å²) in [7, 11) is -0.169. The molecule has 3 aromatic carbocycles. The predicted molar refractivity (Wildman–Crippen MR) is 137 cm³/mol. The van der Waals surface area contributed by atoms with Gasteiger partial charge in [-0.3, -0.25) is 4.72 Å². The summed E-state index contributed by atoms with van der Waals surface area (Å²) < 4.78 is 35.1. The Balaban J connectivity index is 1.32. The maximum Gasteiger partial charge on any atom is 0.261 e. The number of aromatic nitrogens is 3. The fourth-order valence-electron chi connectivity index (χ4n) is 3.86. The summed E-state index contributed by atoms with van der Waals surface area (Å²) >= 11 is 0. The van der Waals surface area contributed by atoms with E-state index in [1.165, 1.54) is 25.6 Å². The molecule has 5 rings (SSSR count). The molecule has 0 spiro atoms. The number of fused-ring (bicyclic) bond motifs is 1. The van der Waals surface area contributed by atoms with E-state index in [9.17, 15) is 8.42 Å². The van der Waals surface area contributed by atoms with Crippen molar-refractivity contribution in [1.82, 2.24) is 14.5 Å². The lowest BCUT2D eigenvalue weighted by molar-refractivity contribution is 0.414. The van der Waals surface area contributed by atoms with Crippen LogP contribution in [0.15, 0.2) is 96.3 Å². The molecule has 2 heterocycles. The second-order valence-electron chi connectivity index (χ2n) is 7.94. The van der Waals surface area contributed by atoms with Gasteiger partial charge in [0, 0.05) is 47.2 Å². The monoisotopic (exact) mass is 485 g/mol. The molecule has 8 nitrogen and oxygen atoms in total. The molecule has 2 N–H and O–H groups in total. The fourth-order valence-corrected chi connectivity index (χ4v) is 4.92. The zero-order valence-corrected chi connectivity index (χ0v) is 20.0. The Morgan fingerprint density at radius 3 is 2.34 bits per heavy atom. The third-order valence-electron chi connectivity index (χ3n) is 5.62. The van der Waals surface area contributed by atoms with Gasteiger partial charge in [0.05, 0.1) is 17.7 Å². The number of sulfonamides is 1. The van der Waals surface area contributed by atoms with Crippen LogP contribution in [0.4, 0.5) is 17.2 Å². The van der Waals surface area contributed by atoms with Crippen LogP contribution in [-0.2, 0) is 17.1 Å². The molecule has 0 saturated heterocycles. The van der Waals surface area contributed by atoms with Gasteiger partial charge in [-0.25, -0.2) is 18.4 Å². The number of hydrogen-bond acceptors (Lipinski definition) is 6. The molecule has 2 aromatic heterocycles. The normalized spacial score (nSPS) is 11.4. The lowest BCUT2D eigenvalue weighted by Gasteiger charge is -2.10. The summed E-state index contributed by atoms with van der Waals surface area (Å²) in [5.74, 6) is 1.22. The van der Waals surface area contributed by atoms with Crippen molar-refractivity contribution in [3.05, 3.63) is 91.4 Å². The molecule has 0 radical (unpaired) electrons. The van der Waals surface area contributed by atoms with E-state index < -0.39 is 10.0 Å². The van der Waals surface area contributed by atoms with E-state index in [0.717, 1.165) is 27.8 Å². The molecule has 0 amide bonds. The predicted octanol–water partition coefficient (Wildman–Crippen LogP) is 5.19. The molecular formula is C26H23N5O3S. The number of nitrogens with one attached hydrogen (secondary N) is 2. The number of anilines is 3. The van der Waals surface area contributed by atoms with Crippen LogP contribution >= 0.6 is 0 Å². The van der Waals surface area contributed by atoms with Crippen molar-refractivity contribution in [2.24, 2.45) is 7.05 Å². The van der Waals surface area contributed by atoms with Gasteiger partial charge in [0.1, 0.15) is 17.9 Å². The molecule has 0 saturated carbocycles. The first kappa shape index (κ1) is 22.4. The van der Waals surface area contributed by atoms with E-state index in [0.29, 0.717) is 17.3 Å². The summed E-state index contributed by atoms with van der Waals surface area (Å²) in [6, 6.07) is 23.2. The smallest absolute Gasteiger partial charge is 0.261 e. The average Bonchev–Trinajstić information content (AvgIpc) is 3.22. The van der Waals surface area contributed by atoms with Crippen LogP contribution in [0.5, 0.6) is 5.75 Å². The van der Waals surface area contributed by atoms with Crippen LogP contribution in [-0.4, -0.2) is 30.1 Å². The molecule has 0 aliphatic heterocycles. The quantitative estimate of drug-likeness (QED) is 0.329. The van der Waals surface area contributed by atoms with Gasteiger partial charge in [0.15, 0.2) is 0 Å². The van der Waals surface area contributed by atoms with Crippen molar-refractivity contribution in [3.8, 4) is 17.0 Å². The zero-order chi connectivity index (χ0) is 24.4. The molecule has 5 aromatic rings.